The second-order valence-electron chi connectivity index (χ2n) is 3.72. The first-order valence-corrected chi connectivity index (χ1v) is 5.10. The number of carbonyl (C=O) groups excluding carboxylic acids is 1. The molecule has 1 aliphatic rings. The molecule has 6 nitrogen and oxygen atoms in total. The molecular weight excluding hydrogens is 208 g/mol. The highest BCUT2D eigenvalue weighted by Gasteiger charge is 2.32. The predicted molar refractivity (Wildman–Crippen MR) is 59.1 cm³/mol. The molecule has 1 amide bonds. The number of amides is 1. The van der Waals surface area contributed by atoms with Crippen molar-refractivity contribution in [1.82, 2.24) is 15.5 Å². The van der Waals surface area contributed by atoms with Gasteiger partial charge < -0.3 is 10.1 Å². The van der Waals surface area contributed by atoms with E-state index in [4.69, 9.17) is 4.74 Å². The van der Waals surface area contributed by atoms with Crippen LogP contribution in [0.4, 0.5) is 5.82 Å². The number of hydrogen-bond acceptors (Lipinski definition) is 4. The molecule has 0 saturated heterocycles. The van der Waals surface area contributed by atoms with E-state index in [0.29, 0.717) is 11.4 Å². The molecule has 1 aromatic heterocycles. The number of rotatable bonds is 4. The number of H-pyrrole nitrogens is 1. The van der Waals surface area contributed by atoms with Crippen molar-refractivity contribution in [3.63, 3.8) is 0 Å². The monoisotopic (exact) mass is 222 g/mol. The third kappa shape index (κ3) is 1.83. The van der Waals surface area contributed by atoms with E-state index in [1.165, 1.54) is 6.20 Å². The first kappa shape index (κ1) is 10.8. The van der Waals surface area contributed by atoms with Crippen molar-refractivity contribution in [2.24, 2.45) is 4.99 Å². The summed E-state index contributed by atoms with van der Waals surface area (Å²) in [5.41, 5.74) is 0.414. The summed E-state index contributed by atoms with van der Waals surface area (Å²) in [6, 6.07) is 0.0880. The summed E-state index contributed by atoms with van der Waals surface area (Å²) in [7, 11) is 1.65. The van der Waals surface area contributed by atoms with Crippen molar-refractivity contribution >= 4 is 18.4 Å². The third-order valence-electron chi connectivity index (χ3n) is 2.85. The van der Waals surface area contributed by atoms with Crippen LogP contribution in [0.25, 0.3) is 0 Å². The summed E-state index contributed by atoms with van der Waals surface area (Å²) in [6.07, 6.45) is 3.49. The minimum atomic E-state index is -0.192. The highest BCUT2D eigenvalue weighted by atomic mass is 16.5. The Labute approximate surface area is 93.1 Å². The maximum Gasteiger partial charge on any atom is 0.257 e. The van der Waals surface area contributed by atoms with Crippen LogP contribution in [0.5, 0.6) is 0 Å². The van der Waals surface area contributed by atoms with Gasteiger partial charge in [-0.3, -0.25) is 9.89 Å². The fourth-order valence-electron chi connectivity index (χ4n) is 1.73. The molecule has 0 aromatic carbocycles. The zero-order chi connectivity index (χ0) is 11.5. The van der Waals surface area contributed by atoms with E-state index in [9.17, 15) is 4.79 Å². The molecule has 0 spiro atoms. The number of hydrogen-bond donors (Lipinski definition) is 2. The zero-order valence-electron chi connectivity index (χ0n) is 9.06. The van der Waals surface area contributed by atoms with Crippen molar-refractivity contribution in [2.75, 3.05) is 7.11 Å². The highest BCUT2D eigenvalue weighted by Crippen LogP contribution is 2.23. The van der Waals surface area contributed by atoms with Gasteiger partial charge in [0, 0.05) is 7.11 Å². The Kier molecular flexibility index (Phi) is 3.00. The molecule has 6 heteroatoms. The quantitative estimate of drug-likeness (QED) is 0.734. The summed E-state index contributed by atoms with van der Waals surface area (Å²) in [4.78, 5) is 15.5. The average Bonchev–Trinajstić information content (AvgIpc) is 2.72. The van der Waals surface area contributed by atoms with Gasteiger partial charge in [-0.1, -0.05) is 0 Å². The van der Waals surface area contributed by atoms with Gasteiger partial charge in [-0.2, -0.15) is 5.10 Å². The summed E-state index contributed by atoms with van der Waals surface area (Å²) in [5.74, 6) is 0.202. The number of nitrogens with zero attached hydrogens (tertiary/aromatic N) is 2. The number of aromatic nitrogens is 2. The molecule has 0 radical (unpaired) electrons. The van der Waals surface area contributed by atoms with Gasteiger partial charge in [0.2, 0.25) is 0 Å². The Balaban J connectivity index is 2.00. The van der Waals surface area contributed by atoms with Crippen LogP contribution in [0.2, 0.25) is 0 Å². The fraction of sp³-hybridized carbons (Fsp3) is 0.500. The lowest BCUT2D eigenvalue weighted by atomic mass is 9.89. The van der Waals surface area contributed by atoms with Crippen molar-refractivity contribution < 1.29 is 9.53 Å². The Morgan fingerprint density at radius 2 is 2.56 bits per heavy atom. The van der Waals surface area contributed by atoms with Gasteiger partial charge in [0.15, 0.2) is 5.82 Å². The summed E-state index contributed by atoms with van der Waals surface area (Å²) < 4.78 is 5.20. The zero-order valence-corrected chi connectivity index (χ0v) is 9.06. The maximum absolute atomic E-state index is 11.8. The molecule has 86 valence electrons. The van der Waals surface area contributed by atoms with Crippen LogP contribution < -0.4 is 5.32 Å². The topological polar surface area (TPSA) is 79.4 Å². The number of ether oxygens (including phenoxy) is 1. The number of carbonyl (C=O) groups is 1. The van der Waals surface area contributed by atoms with Crippen LogP contribution in [-0.2, 0) is 4.74 Å². The molecule has 0 aliphatic heterocycles. The number of methoxy groups -OCH3 is 1. The molecule has 2 atom stereocenters. The van der Waals surface area contributed by atoms with Crippen LogP contribution in [0.1, 0.15) is 23.2 Å². The molecule has 2 N–H and O–H groups in total. The lowest BCUT2D eigenvalue weighted by Gasteiger charge is -2.35. The summed E-state index contributed by atoms with van der Waals surface area (Å²) in [6.45, 7) is 3.36. The van der Waals surface area contributed by atoms with Crippen molar-refractivity contribution in [3.05, 3.63) is 11.8 Å². The molecule has 1 aromatic rings. The average molecular weight is 222 g/mol. The second-order valence-corrected chi connectivity index (χ2v) is 3.72. The minimum Gasteiger partial charge on any atom is -0.379 e. The SMILES string of the molecule is C=Nc1[nH]ncc1C(=O)N[C@H]1CC[C@@H]1OC. The van der Waals surface area contributed by atoms with Gasteiger partial charge in [-0.15, -0.1) is 0 Å². The highest BCUT2D eigenvalue weighted by molar-refractivity contribution is 5.98. The van der Waals surface area contributed by atoms with E-state index in [2.05, 4.69) is 27.2 Å². The second kappa shape index (κ2) is 4.44. The normalized spacial score (nSPS) is 23.6. The van der Waals surface area contributed by atoms with Gasteiger partial charge in [0.1, 0.15) is 5.56 Å². The van der Waals surface area contributed by atoms with Gasteiger partial charge in [-0.05, 0) is 19.6 Å². The number of aromatic amines is 1. The summed E-state index contributed by atoms with van der Waals surface area (Å²) in [5, 5.41) is 9.24. The van der Waals surface area contributed by atoms with E-state index >= 15 is 0 Å². The largest absolute Gasteiger partial charge is 0.379 e. The number of aliphatic imine (C=N–C) groups is 1. The minimum absolute atomic E-state index is 0.0880. The Bertz CT molecular complexity index is 399. The number of nitrogens with one attached hydrogen (secondary N) is 2. The smallest absolute Gasteiger partial charge is 0.257 e. The van der Waals surface area contributed by atoms with Crippen molar-refractivity contribution in [3.8, 4) is 0 Å². The standard InChI is InChI=1S/C10H14N4O2/c1-11-9-6(5-12-14-9)10(15)13-7-3-4-8(7)16-2/h5,7-8H,1,3-4H2,2H3,(H,12,14)(H,13,15)/t7-,8-/m0/s1. The van der Waals surface area contributed by atoms with Crippen LogP contribution in [0, 0.1) is 0 Å². The molecule has 1 aliphatic carbocycles. The van der Waals surface area contributed by atoms with Crippen molar-refractivity contribution in [2.45, 2.75) is 25.0 Å². The van der Waals surface area contributed by atoms with E-state index in [-0.39, 0.29) is 18.1 Å². The van der Waals surface area contributed by atoms with Gasteiger partial charge in [-0.25, -0.2) is 4.99 Å². The molecule has 0 bridgehead atoms. The van der Waals surface area contributed by atoms with E-state index in [1.807, 2.05) is 0 Å². The van der Waals surface area contributed by atoms with Gasteiger partial charge in [0.05, 0.1) is 18.3 Å². The van der Waals surface area contributed by atoms with Crippen LogP contribution in [0.3, 0.4) is 0 Å². The van der Waals surface area contributed by atoms with Crippen LogP contribution in [-0.4, -0.2) is 42.1 Å². The first-order chi connectivity index (χ1) is 7.76. The first-order valence-electron chi connectivity index (χ1n) is 5.10. The van der Waals surface area contributed by atoms with Gasteiger partial charge in [0.25, 0.3) is 5.91 Å². The molecular formula is C10H14N4O2. The molecule has 0 unspecified atom stereocenters. The molecule has 16 heavy (non-hydrogen) atoms. The predicted octanol–water partition coefficient (Wildman–Crippen LogP) is 0.649. The van der Waals surface area contributed by atoms with Crippen LogP contribution >= 0.6 is 0 Å². The maximum atomic E-state index is 11.8. The molecule has 2 rings (SSSR count). The van der Waals surface area contributed by atoms with E-state index in [1.54, 1.807) is 7.11 Å². The summed E-state index contributed by atoms with van der Waals surface area (Å²) >= 11 is 0. The fourth-order valence-corrected chi connectivity index (χ4v) is 1.73. The van der Waals surface area contributed by atoms with Crippen molar-refractivity contribution in [1.29, 1.82) is 0 Å². The van der Waals surface area contributed by atoms with E-state index < -0.39 is 0 Å². The Morgan fingerprint density at radius 1 is 1.75 bits per heavy atom. The molecule has 1 fully saturated rings. The molecule has 1 saturated carbocycles. The van der Waals surface area contributed by atoms with E-state index in [0.717, 1.165) is 12.8 Å². The van der Waals surface area contributed by atoms with Crippen LogP contribution in [0.15, 0.2) is 11.2 Å². The van der Waals surface area contributed by atoms with Gasteiger partial charge >= 0.3 is 0 Å². The lowest BCUT2D eigenvalue weighted by molar-refractivity contribution is 0.00731. The lowest BCUT2D eigenvalue weighted by Crippen LogP contribution is -2.51. The Hall–Kier alpha value is -1.69. The molecule has 1 heterocycles. The third-order valence-corrected chi connectivity index (χ3v) is 2.85. The Morgan fingerprint density at radius 3 is 3.12 bits per heavy atom.